The number of carbonyl (C=O) groups is 1. The molecule has 0 spiro atoms. The summed E-state index contributed by atoms with van der Waals surface area (Å²) in [4.78, 5) is 21.9. The summed E-state index contributed by atoms with van der Waals surface area (Å²) in [5.74, 6) is 1.74. The van der Waals surface area contributed by atoms with Crippen LogP contribution in [0, 0.1) is 0 Å². The van der Waals surface area contributed by atoms with E-state index < -0.39 is 6.04 Å². The molecule has 0 saturated carbocycles. The third kappa shape index (κ3) is 3.29. The van der Waals surface area contributed by atoms with Gasteiger partial charge in [-0.2, -0.15) is 4.52 Å². The van der Waals surface area contributed by atoms with Crippen molar-refractivity contribution in [2.24, 2.45) is 0 Å². The van der Waals surface area contributed by atoms with Crippen LogP contribution < -0.4 is 20.7 Å². The van der Waals surface area contributed by atoms with Gasteiger partial charge in [0.1, 0.15) is 11.8 Å². The predicted octanol–water partition coefficient (Wildman–Crippen LogP) is 1.45. The largest absolute Gasteiger partial charge is 0.497 e. The Kier molecular flexibility index (Phi) is 4.64. The van der Waals surface area contributed by atoms with Gasteiger partial charge in [0.05, 0.1) is 12.6 Å². The molecule has 2 aromatic carbocycles. The van der Waals surface area contributed by atoms with Crippen molar-refractivity contribution < 1.29 is 9.53 Å². The van der Waals surface area contributed by atoms with E-state index in [0.29, 0.717) is 30.5 Å². The van der Waals surface area contributed by atoms with Crippen LogP contribution in [0.2, 0.25) is 0 Å². The van der Waals surface area contributed by atoms with Gasteiger partial charge >= 0.3 is 0 Å². The van der Waals surface area contributed by atoms with Gasteiger partial charge in [-0.25, -0.2) is 9.97 Å². The van der Waals surface area contributed by atoms with E-state index in [1.165, 1.54) is 0 Å². The first-order valence-electron chi connectivity index (χ1n) is 9.78. The van der Waals surface area contributed by atoms with E-state index in [9.17, 15) is 4.79 Å². The average molecular weight is 403 g/mol. The number of anilines is 1. The zero-order chi connectivity index (χ0) is 20.5. The van der Waals surface area contributed by atoms with Gasteiger partial charge in [0.25, 0.3) is 0 Å². The number of amides is 1. The van der Waals surface area contributed by atoms with Crippen molar-refractivity contribution in [2.45, 2.75) is 6.04 Å². The van der Waals surface area contributed by atoms with E-state index in [0.717, 1.165) is 28.8 Å². The zero-order valence-corrected chi connectivity index (χ0v) is 16.4. The van der Waals surface area contributed by atoms with E-state index in [1.807, 2.05) is 48.5 Å². The average Bonchev–Trinajstić information content (AvgIpc) is 3.14. The zero-order valence-electron chi connectivity index (χ0n) is 16.4. The van der Waals surface area contributed by atoms with Crippen LogP contribution in [0.4, 0.5) is 5.95 Å². The SMILES string of the molecule is COc1ccc(-c2nc3c4ccccc4nc(N[C@H]4CNCCNC4=O)n3n2)cc1. The topological polar surface area (TPSA) is 105 Å². The maximum atomic E-state index is 12.4. The molecule has 0 aliphatic carbocycles. The molecule has 0 bridgehead atoms. The van der Waals surface area contributed by atoms with Crippen LogP contribution in [-0.4, -0.2) is 58.3 Å². The molecule has 0 radical (unpaired) electrons. The molecule has 1 atom stereocenters. The highest BCUT2D eigenvalue weighted by atomic mass is 16.5. The van der Waals surface area contributed by atoms with E-state index in [2.05, 4.69) is 16.0 Å². The van der Waals surface area contributed by atoms with Crippen molar-refractivity contribution in [3.63, 3.8) is 0 Å². The Labute approximate surface area is 172 Å². The molecular formula is C21H21N7O2. The smallest absolute Gasteiger partial charge is 0.243 e. The van der Waals surface area contributed by atoms with E-state index in [1.54, 1.807) is 11.6 Å². The first-order chi connectivity index (χ1) is 14.7. The maximum Gasteiger partial charge on any atom is 0.243 e. The van der Waals surface area contributed by atoms with E-state index >= 15 is 0 Å². The summed E-state index contributed by atoms with van der Waals surface area (Å²) >= 11 is 0. The molecule has 1 aliphatic heterocycles. The molecule has 30 heavy (non-hydrogen) atoms. The molecule has 152 valence electrons. The van der Waals surface area contributed by atoms with E-state index in [-0.39, 0.29) is 5.91 Å². The molecule has 1 fully saturated rings. The lowest BCUT2D eigenvalue weighted by molar-refractivity contribution is -0.121. The molecule has 3 N–H and O–H groups in total. The summed E-state index contributed by atoms with van der Waals surface area (Å²) in [5.41, 5.74) is 2.32. The Morgan fingerprint density at radius 3 is 2.77 bits per heavy atom. The molecule has 3 heterocycles. The first-order valence-corrected chi connectivity index (χ1v) is 9.78. The van der Waals surface area contributed by atoms with E-state index in [4.69, 9.17) is 19.8 Å². The molecule has 1 aliphatic rings. The monoisotopic (exact) mass is 403 g/mol. The van der Waals surface area contributed by atoms with Crippen molar-refractivity contribution >= 4 is 28.4 Å². The number of carbonyl (C=O) groups excluding carboxylic acids is 1. The number of nitrogens with one attached hydrogen (secondary N) is 3. The lowest BCUT2D eigenvalue weighted by atomic mass is 10.2. The molecular weight excluding hydrogens is 382 g/mol. The summed E-state index contributed by atoms with van der Waals surface area (Å²) < 4.78 is 6.90. The van der Waals surface area contributed by atoms with Crippen molar-refractivity contribution in [1.82, 2.24) is 30.2 Å². The Bertz CT molecular complexity index is 1220. The number of methoxy groups -OCH3 is 1. The normalized spacial score (nSPS) is 17.0. The quantitative estimate of drug-likeness (QED) is 0.474. The summed E-state index contributed by atoms with van der Waals surface area (Å²) in [7, 11) is 1.63. The fraction of sp³-hybridized carbons (Fsp3) is 0.238. The predicted molar refractivity (Wildman–Crippen MR) is 114 cm³/mol. The standard InChI is InChI=1S/C21H21N7O2/c1-30-14-8-6-13(7-9-14)18-26-19-15-4-2-3-5-16(15)24-21(28(19)27-18)25-17-12-22-10-11-23-20(17)29/h2-9,17,22H,10-12H2,1H3,(H,23,29)(H,24,25)/t17-/m0/s1. The molecule has 9 nitrogen and oxygen atoms in total. The minimum atomic E-state index is -0.460. The minimum absolute atomic E-state index is 0.0707. The molecule has 0 unspecified atom stereocenters. The van der Waals surface area contributed by atoms with Crippen LogP contribution in [0.1, 0.15) is 0 Å². The number of hydrogen-bond donors (Lipinski definition) is 3. The van der Waals surface area contributed by atoms with Crippen LogP contribution in [-0.2, 0) is 4.79 Å². The fourth-order valence-corrected chi connectivity index (χ4v) is 3.52. The number of ether oxygens (including phenoxy) is 1. The van der Waals surface area contributed by atoms with Crippen LogP contribution >= 0.6 is 0 Å². The second-order valence-electron chi connectivity index (χ2n) is 7.04. The number of benzene rings is 2. The first kappa shape index (κ1) is 18.3. The molecule has 9 heteroatoms. The Balaban J connectivity index is 1.63. The lowest BCUT2D eigenvalue weighted by Crippen LogP contribution is -2.42. The summed E-state index contributed by atoms with van der Waals surface area (Å²) in [6.07, 6.45) is 0. The fourth-order valence-electron chi connectivity index (χ4n) is 3.52. The number of nitrogens with zero attached hydrogens (tertiary/aromatic N) is 4. The van der Waals surface area contributed by atoms with Crippen LogP contribution in [0.25, 0.3) is 27.9 Å². The third-order valence-corrected chi connectivity index (χ3v) is 5.10. The van der Waals surface area contributed by atoms with Gasteiger partial charge in [-0.05, 0) is 36.4 Å². The highest BCUT2D eigenvalue weighted by Crippen LogP contribution is 2.25. The number of rotatable bonds is 4. The van der Waals surface area contributed by atoms with Gasteiger partial charge in [-0.15, -0.1) is 5.10 Å². The Hall–Kier alpha value is -3.72. The van der Waals surface area contributed by atoms with Gasteiger partial charge < -0.3 is 20.7 Å². The Morgan fingerprint density at radius 2 is 1.93 bits per heavy atom. The summed E-state index contributed by atoms with van der Waals surface area (Å²) in [6, 6.07) is 14.9. The molecule has 5 rings (SSSR count). The van der Waals surface area contributed by atoms with Crippen LogP contribution in [0.3, 0.4) is 0 Å². The van der Waals surface area contributed by atoms with Crippen molar-refractivity contribution in [3.8, 4) is 17.1 Å². The molecule has 2 aromatic heterocycles. The van der Waals surface area contributed by atoms with Crippen molar-refractivity contribution in [2.75, 3.05) is 32.1 Å². The molecule has 4 aromatic rings. The van der Waals surface area contributed by atoms with Crippen molar-refractivity contribution in [1.29, 1.82) is 0 Å². The number of para-hydroxylation sites is 1. The number of aromatic nitrogens is 4. The van der Waals surface area contributed by atoms with Gasteiger partial charge in [0.15, 0.2) is 11.5 Å². The third-order valence-electron chi connectivity index (χ3n) is 5.10. The van der Waals surface area contributed by atoms with Gasteiger partial charge in [-0.3, -0.25) is 4.79 Å². The summed E-state index contributed by atoms with van der Waals surface area (Å²) in [6.45, 7) is 1.83. The summed E-state index contributed by atoms with van der Waals surface area (Å²) in [5, 5.41) is 15.0. The van der Waals surface area contributed by atoms with Crippen LogP contribution in [0.15, 0.2) is 48.5 Å². The van der Waals surface area contributed by atoms with Gasteiger partial charge in [0, 0.05) is 30.6 Å². The number of hydrogen-bond acceptors (Lipinski definition) is 7. The Morgan fingerprint density at radius 1 is 1.10 bits per heavy atom. The second-order valence-corrected chi connectivity index (χ2v) is 7.04. The van der Waals surface area contributed by atoms with Gasteiger partial charge in [0.2, 0.25) is 11.9 Å². The highest BCUT2D eigenvalue weighted by Gasteiger charge is 2.23. The molecule has 1 saturated heterocycles. The number of fused-ring (bicyclic) bond motifs is 3. The van der Waals surface area contributed by atoms with Gasteiger partial charge in [-0.1, -0.05) is 12.1 Å². The van der Waals surface area contributed by atoms with Crippen molar-refractivity contribution in [3.05, 3.63) is 48.5 Å². The van der Waals surface area contributed by atoms with Crippen LogP contribution in [0.5, 0.6) is 5.75 Å². The molecule has 1 amide bonds. The second kappa shape index (κ2) is 7.60. The highest BCUT2D eigenvalue weighted by molar-refractivity contribution is 5.93. The maximum absolute atomic E-state index is 12.4. The lowest BCUT2D eigenvalue weighted by Gasteiger charge is -2.16. The minimum Gasteiger partial charge on any atom is -0.497 e.